The van der Waals surface area contributed by atoms with Crippen LogP contribution < -0.4 is 5.32 Å². The molecule has 118 valence electrons. The van der Waals surface area contributed by atoms with Crippen molar-refractivity contribution in [2.45, 2.75) is 65.7 Å². The fourth-order valence-electron chi connectivity index (χ4n) is 3.32. The zero-order valence-electron chi connectivity index (χ0n) is 13.8. The van der Waals surface area contributed by atoms with E-state index in [1.165, 1.54) is 5.56 Å². The maximum Gasteiger partial charge on any atom is 0.241 e. The second-order valence-electron chi connectivity index (χ2n) is 6.77. The summed E-state index contributed by atoms with van der Waals surface area (Å²) in [6, 6.07) is 2.39. The van der Waals surface area contributed by atoms with Gasteiger partial charge in [-0.15, -0.1) is 0 Å². The van der Waals surface area contributed by atoms with Crippen molar-refractivity contribution in [1.82, 2.24) is 10.2 Å². The Labute approximate surface area is 132 Å². The van der Waals surface area contributed by atoms with E-state index in [1.807, 2.05) is 0 Å². The number of thiophene rings is 1. The Hall–Kier alpha value is -0.870. The molecule has 0 radical (unpaired) electrons. The molecule has 1 aromatic rings. The van der Waals surface area contributed by atoms with Gasteiger partial charge in [0.05, 0.1) is 6.04 Å². The Morgan fingerprint density at radius 3 is 2.52 bits per heavy atom. The highest BCUT2D eigenvalue weighted by Crippen LogP contribution is 2.33. The van der Waals surface area contributed by atoms with Crippen molar-refractivity contribution in [3.63, 3.8) is 0 Å². The van der Waals surface area contributed by atoms with Gasteiger partial charge in [-0.25, -0.2) is 0 Å². The molecule has 1 fully saturated rings. The van der Waals surface area contributed by atoms with Gasteiger partial charge in [0.2, 0.25) is 5.91 Å². The summed E-state index contributed by atoms with van der Waals surface area (Å²) in [6.07, 6.45) is 1.95. The molecule has 2 rings (SSSR count). The van der Waals surface area contributed by atoms with Crippen LogP contribution in [0.3, 0.4) is 0 Å². The fourth-order valence-corrected chi connectivity index (χ4v) is 4.00. The lowest BCUT2D eigenvalue weighted by Crippen LogP contribution is -2.42. The van der Waals surface area contributed by atoms with Gasteiger partial charge in [0.1, 0.15) is 6.17 Å². The lowest BCUT2D eigenvalue weighted by Gasteiger charge is -2.34. The summed E-state index contributed by atoms with van der Waals surface area (Å²) in [6.45, 7) is 11.0. The predicted molar refractivity (Wildman–Crippen MR) is 89.2 cm³/mol. The standard InChI is InChI=1S/C17H28N2OS/c1-6-15(12(4)5)19-16(13-7-8-21-10-13)18-14(17(19)20)9-11(2)3/h7-8,10-12,14-16,18H,6,9H2,1-5H3. The minimum absolute atomic E-state index is 0.0392. The van der Waals surface area contributed by atoms with Crippen LogP contribution in [0.5, 0.6) is 0 Å². The van der Waals surface area contributed by atoms with Crippen LogP contribution in [0.2, 0.25) is 0 Å². The van der Waals surface area contributed by atoms with Crippen molar-refractivity contribution in [1.29, 1.82) is 0 Å². The lowest BCUT2D eigenvalue weighted by atomic mass is 9.98. The Morgan fingerprint density at radius 1 is 1.33 bits per heavy atom. The van der Waals surface area contributed by atoms with Gasteiger partial charge < -0.3 is 4.90 Å². The molecule has 0 aliphatic carbocycles. The minimum Gasteiger partial charge on any atom is -0.318 e. The predicted octanol–water partition coefficient (Wildman–Crippen LogP) is 4.03. The number of rotatable bonds is 6. The molecule has 1 aliphatic rings. The highest BCUT2D eigenvalue weighted by atomic mass is 32.1. The van der Waals surface area contributed by atoms with Crippen LogP contribution in [-0.2, 0) is 4.79 Å². The first-order chi connectivity index (χ1) is 9.95. The SMILES string of the molecule is CCC(C(C)C)N1C(=O)C(CC(C)C)NC1c1ccsc1. The summed E-state index contributed by atoms with van der Waals surface area (Å²) in [5, 5.41) is 7.82. The number of hydrogen-bond donors (Lipinski definition) is 1. The molecule has 4 heteroatoms. The molecule has 3 unspecified atom stereocenters. The van der Waals surface area contributed by atoms with E-state index in [2.05, 4.69) is 61.7 Å². The van der Waals surface area contributed by atoms with Crippen molar-refractivity contribution in [2.75, 3.05) is 0 Å². The molecule has 2 heterocycles. The van der Waals surface area contributed by atoms with Crippen LogP contribution in [0.25, 0.3) is 0 Å². The average Bonchev–Trinajstić information content (AvgIpc) is 3.01. The summed E-state index contributed by atoms with van der Waals surface area (Å²) in [4.78, 5) is 15.0. The van der Waals surface area contributed by atoms with Crippen molar-refractivity contribution in [2.24, 2.45) is 11.8 Å². The van der Waals surface area contributed by atoms with Gasteiger partial charge in [-0.1, -0.05) is 34.6 Å². The summed E-state index contributed by atoms with van der Waals surface area (Å²) < 4.78 is 0. The number of amides is 1. The summed E-state index contributed by atoms with van der Waals surface area (Å²) in [5.41, 5.74) is 1.22. The van der Waals surface area contributed by atoms with E-state index in [0.717, 1.165) is 12.8 Å². The van der Waals surface area contributed by atoms with Crippen LogP contribution in [0.15, 0.2) is 16.8 Å². The summed E-state index contributed by atoms with van der Waals surface area (Å²) in [5.74, 6) is 1.27. The Bertz CT molecular complexity index is 455. The Kier molecular flexibility index (Phi) is 5.44. The van der Waals surface area contributed by atoms with Gasteiger partial charge in [0.25, 0.3) is 0 Å². The Morgan fingerprint density at radius 2 is 2.05 bits per heavy atom. The van der Waals surface area contributed by atoms with E-state index >= 15 is 0 Å². The largest absolute Gasteiger partial charge is 0.318 e. The van der Waals surface area contributed by atoms with Crippen LogP contribution in [0.4, 0.5) is 0 Å². The van der Waals surface area contributed by atoms with E-state index in [0.29, 0.717) is 17.9 Å². The quantitative estimate of drug-likeness (QED) is 0.860. The number of hydrogen-bond acceptors (Lipinski definition) is 3. The van der Waals surface area contributed by atoms with Gasteiger partial charge in [0, 0.05) is 6.04 Å². The number of nitrogens with one attached hydrogen (secondary N) is 1. The molecular weight excluding hydrogens is 280 g/mol. The van der Waals surface area contributed by atoms with Crippen LogP contribution in [-0.4, -0.2) is 22.9 Å². The second kappa shape index (κ2) is 6.93. The average molecular weight is 308 g/mol. The lowest BCUT2D eigenvalue weighted by molar-refractivity contribution is -0.133. The second-order valence-corrected chi connectivity index (χ2v) is 7.55. The molecule has 1 aromatic heterocycles. The topological polar surface area (TPSA) is 32.3 Å². The molecule has 1 N–H and O–H groups in total. The van der Waals surface area contributed by atoms with Crippen LogP contribution in [0.1, 0.15) is 59.2 Å². The van der Waals surface area contributed by atoms with Crippen molar-refractivity contribution in [3.8, 4) is 0 Å². The van der Waals surface area contributed by atoms with Gasteiger partial charge in [-0.05, 0) is 47.1 Å². The molecule has 1 amide bonds. The molecule has 1 saturated heterocycles. The van der Waals surface area contributed by atoms with Gasteiger partial charge >= 0.3 is 0 Å². The van der Waals surface area contributed by atoms with Crippen LogP contribution in [0, 0.1) is 11.8 Å². The monoisotopic (exact) mass is 308 g/mol. The normalized spacial score (nSPS) is 24.3. The molecule has 3 atom stereocenters. The maximum absolute atomic E-state index is 12.9. The molecule has 3 nitrogen and oxygen atoms in total. The highest BCUT2D eigenvalue weighted by molar-refractivity contribution is 7.07. The van der Waals surface area contributed by atoms with Crippen molar-refractivity contribution >= 4 is 17.2 Å². The van der Waals surface area contributed by atoms with Gasteiger partial charge in [0.15, 0.2) is 0 Å². The molecular formula is C17H28N2OS. The number of carbonyl (C=O) groups excluding carboxylic acids is 1. The van der Waals surface area contributed by atoms with Gasteiger partial charge in [-0.2, -0.15) is 11.3 Å². The molecule has 0 spiro atoms. The first kappa shape index (κ1) is 16.5. The first-order valence-electron chi connectivity index (χ1n) is 8.06. The van der Waals surface area contributed by atoms with E-state index in [4.69, 9.17) is 0 Å². The van der Waals surface area contributed by atoms with Crippen molar-refractivity contribution < 1.29 is 4.79 Å². The van der Waals surface area contributed by atoms with E-state index < -0.39 is 0 Å². The fraction of sp³-hybridized carbons (Fsp3) is 0.706. The zero-order chi connectivity index (χ0) is 15.6. The summed E-state index contributed by atoms with van der Waals surface area (Å²) >= 11 is 1.69. The molecule has 0 bridgehead atoms. The summed E-state index contributed by atoms with van der Waals surface area (Å²) in [7, 11) is 0. The third kappa shape index (κ3) is 3.49. The maximum atomic E-state index is 12.9. The molecule has 0 aromatic carbocycles. The van der Waals surface area contributed by atoms with E-state index in [-0.39, 0.29) is 18.1 Å². The Balaban J connectivity index is 2.29. The third-order valence-corrected chi connectivity index (χ3v) is 5.00. The van der Waals surface area contributed by atoms with E-state index in [1.54, 1.807) is 11.3 Å². The number of carbonyl (C=O) groups is 1. The third-order valence-electron chi connectivity index (χ3n) is 4.30. The zero-order valence-corrected chi connectivity index (χ0v) is 14.6. The number of nitrogens with zero attached hydrogens (tertiary/aromatic N) is 1. The molecule has 0 saturated carbocycles. The molecule has 21 heavy (non-hydrogen) atoms. The van der Waals surface area contributed by atoms with Crippen LogP contribution >= 0.6 is 11.3 Å². The van der Waals surface area contributed by atoms with Gasteiger partial charge in [-0.3, -0.25) is 10.1 Å². The van der Waals surface area contributed by atoms with E-state index in [9.17, 15) is 4.79 Å². The molecule has 1 aliphatic heterocycles. The highest BCUT2D eigenvalue weighted by Gasteiger charge is 2.43. The smallest absolute Gasteiger partial charge is 0.241 e. The first-order valence-corrected chi connectivity index (χ1v) is 9.00. The van der Waals surface area contributed by atoms with Crippen molar-refractivity contribution in [3.05, 3.63) is 22.4 Å². The minimum atomic E-state index is -0.0392.